The number of ketones is 1. The maximum atomic E-state index is 12.2. The zero-order chi connectivity index (χ0) is 12.1. The van der Waals surface area contributed by atoms with Gasteiger partial charge in [-0.05, 0) is 43.4 Å². The van der Waals surface area contributed by atoms with Gasteiger partial charge < -0.3 is 0 Å². The predicted octanol–water partition coefficient (Wildman–Crippen LogP) is 2.76. The molecule has 86 valence electrons. The smallest absolute Gasteiger partial charge is 0.181 e. The van der Waals surface area contributed by atoms with Crippen LogP contribution in [-0.2, 0) is 4.79 Å². The van der Waals surface area contributed by atoms with Crippen molar-refractivity contribution in [3.05, 3.63) is 41.7 Å². The molecule has 0 aromatic carbocycles. The lowest BCUT2D eigenvalue weighted by Gasteiger charge is -2.14. The van der Waals surface area contributed by atoms with Crippen molar-refractivity contribution in [2.24, 2.45) is 0 Å². The zero-order valence-electron chi connectivity index (χ0n) is 9.60. The number of hydrogen-bond acceptors (Lipinski definition) is 3. The lowest BCUT2D eigenvalue weighted by molar-refractivity contribution is -0.116. The summed E-state index contributed by atoms with van der Waals surface area (Å²) >= 11 is 0. The summed E-state index contributed by atoms with van der Waals surface area (Å²) in [5.41, 5.74) is 1.35. The summed E-state index contributed by atoms with van der Waals surface area (Å²) in [6.07, 6.45) is 7.50. The molecular weight excluding hydrogens is 212 g/mol. The van der Waals surface area contributed by atoms with Gasteiger partial charge in [-0.2, -0.15) is 5.26 Å². The maximum Gasteiger partial charge on any atom is 0.181 e. The van der Waals surface area contributed by atoms with Crippen molar-refractivity contribution in [2.75, 3.05) is 0 Å². The van der Waals surface area contributed by atoms with Crippen molar-refractivity contribution >= 4 is 5.78 Å². The van der Waals surface area contributed by atoms with E-state index in [0.29, 0.717) is 5.69 Å². The molecule has 1 aromatic heterocycles. The number of nitrogens with zero attached hydrogens (tertiary/aromatic N) is 2. The standard InChI is InChI=1S/C14H14N2O/c15-10-12(13-8-4-5-9-16-13)14(17)11-6-2-1-3-7-11/h4-6,8-9,12H,1-3,7H2/t12-/m0/s1. The fourth-order valence-electron chi connectivity index (χ4n) is 2.05. The van der Waals surface area contributed by atoms with Crippen LogP contribution in [0.15, 0.2) is 36.0 Å². The second-order valence-electron chi connectivity index (χ2n) is 4.16. The van der Waals surface area contributed by atoms with Crippen LogP contribution >= 0.6 is 0 Å². The van der Waals surface area contributed by atoms with Gasteiger partial charge in [-0.15, -0.1) is 0 Å². The van der Waals surface area contributed by atoms with Gasteiger partial charge in [0.1, 0.15) is 0 Å². The minimum Gasteiger partial charge on any atom is -0.293 e. The molecule has 0 amide bonds. The van der Waals surface area contributed by atoms with E-state index in [-0.39, 0.29) is 5.78 Å². The molecule has 1 aliphatic rings. The van der Waals surface area contributed by atoms with E-state index in [9.17, 15) is 4.79 Å². The van der Waals surface area contributed by atoms with E-state index in [1.807, 2.05) is 6.08 Å². The van der Waals surface area contributed by atoms with E-state index in [0.717, 1.165) is 31.3 Å². The predicted molar refractivity (Wildman–Crippen MR) is 64.1 cm³/mol. The lowest BCUT2D eigenvalue weighted by atomic mass is 9.89. The monoisotopic (exact) mass is 226 g/mol. The highest BCUT2D eigenvalue weighted by Gasteiger charge is 2.24. The van der Waals surface area contributed by atoms with Crippen LogP contribution in [0.5, 0.6) is 0 Å². The molecule has 1 aliphatic carbocycles. The summed E-state index contributed by atoms with van der Waals surface area (Å²) in [6.45, 7) is 0. The van der Waals surface area contributed by atoms with Crippen molar-refractivity contribution in [1.82, 2.24) is 4.98 Å². The SMILES string of the molecule is N#C[C@H](C(=O)C1=CCCCC1)c1ccccn1. The molecule has 0 spiro atoms. The Morgan fingerprint density at radius 2 is 2.29 bits per heavy atom. The van der Waals surface area contributed by atoms with Gasteiger partial charge in [0.25, 0.3) is 0 Å². The summed E-state index contributed by atoms with van der Waals surface area (Å²) in [6, 6.07) is 7.37. The Labute approximate surface area is 101 Å². The number of pyridine rings is 1. The molecule has 1 atom stereocenters. The minimum atomic E-state index is -0.749. The highest BCUT2D eigenvalue weighted by Crippen LogP contribution is 2.24. The third-order valence-electron chi connectivity index (χ3n) is 2.98. The summed E-state index contributed by atoms with van der Waals surface area (Å²) in [4.78, 5) is 16.3. The molecule has 1 aromatic rings. The van der Waals surface area contributed by atoms with Crippen molar-refractivity contribution in [3.8, 4) is 6.07 Å². The van der Waals surface area contributed by atoms with Crippen LogP contribution in [0.25, 0.3) is 0 Å². The van der Waals surface area contributed by atoms with Crippen LogP contribution in [-0.4, -0.2) is 10.8 Å². The van der Waals surface area contributed by atoms with Gasteiger partial charge in [0, 0.05) is 6.20 Å². The first-order valence-electron chi connectivity index (χ1n) is 5.86. The summed E-state index contributed by atoms with van der Waals surface area (Å²) in [7, 11) is 0. The average molecular weight is 226 g/mol. The van der Waals surface area contributed by atoms with E-state index in [4.69, 9.17) is 5.26 Å². The molecule has 0 saturated heterocycles. The van der Waals surface area contributed by atoms with Crippen molar-refractivity contribution in [1.29, 1.82) is 5.26 Å². The van der Waals surface area contributed by atoms with Crippen LogP contribution in [0, 0.1) is 11.3 Å². The molecule has 0 radical (unpaired) electrons. The molecule has 0 unspecified atom stereocenters. The van der Waals surface area contributed by atoms with Crippen LogP contribution in [0.1, 0.15) is 37.3 Å². The Balaban J connectivity index is 2.23. The zero-order valence-corrected chi connectivity index (χ0v) is 9.60. The summed E-state index contributed by atoms with van der Waals surface area (Å²) < 4.78 is 0. The molecule has 0 fully saturated rings. The molecule has 3 heteroatoms. The van der Waals surface area contributed by atoms with E-state index in [1.54, 1.807) is 24.4 Å². The van der Waals surface area contributed by atoms with Crippen molar-refractivity contribution < 1.29 is 4.79 Å². The largest absolute Gasteiger partial charge is 0.293 e. The number of aromatic nitrogens is 1. The first-order chi connectivity index (χ1) is 8.33. The van der Waals surface area contributed by atoms with Crippen LogP contribution in [0.4, 0.5) is 0 Å². The molecule has 1 heterocycles. The van der Waals surface area contributed by atoms with Gasteiger partial charge in [0.2, 0.25) is 0 Å². The van der Waals surface area contributed by atoms with E-state index in [1.165, 1.54) is 0 Å². The normalized spacial score (nSPS) is 16.8. The van der Waals surface area contributed by atoms with Gasteiger partial charge in [-0.25, -0.2) is 0 Å². The number of nitriles is 1. The number of hydrogen-bond donors (Lipinski definition) is 0. The summed E-state index contributed by atoms with van der Waals surface area (Å²) in [5, 5.41) is 9.14. The highest BCUT2D eigenvalue weighted by atomic mass is 16.1. The van der Waals surface area contributed by atoms with Crippen molar-refractivity contribution in [3.63, 3.8) is 0 Å². The van der Waals surface area contributed by atoms with Gasteiger partial charge in [-0.1, -0.05) is 12.1 Å². The third kappa shape index (κ3) is 2.59. The fraction of sp³-hybridized carbons (Fsp3) is 0.357. The highest BCUT2D eigenvalue weighted by molar-refractivity contribution is 6.01. The molecule has 2 rings (SSSR count). The number of carbonyl (C=O) groups excluding carboxylic acids is 1. The molecule has 17 heavy (non-hydrogen) atoms. The number of rotatable bonds is 3. The number of carbonyl (C=O) groups is 1. The molecule has 0 N–H and O–H groups in total. The van der Waals surface area contributed by atoms with E-state index in [2.05, 4.69) is 11.1 Å². The molecule has 0 saturated carbocycles. The minimum absolute atomic E-state index is 0.0779. The quantitative estimate of drug-likeness (QED) is 0.796. The van der Waals surface area contributed by atoms with Gasteiger partial charge >= 0.3 is 0 Å². The molecule has 3 nitrogen and oxygen atoms in total. The fourth-order valence-corrected chi connectivity index (χ4v) is 2.05. The molecule has 0 bridgehead atoms. The number of allylic oxidation sites excluding steroid dienone is 2. The summed E-state index contributed by atoms with van der Waals surface area (Å²) in [5.74, 6) is -0.827. The Morgan fingerprint density at radius 3 is 2.88 bits per heavy atom. The molecular formula is C14H14N2O. The van der Waals surface area contributed by atoms with Gasteiger partial charge in [-0.3, -0.25) is 9.78 Å². The average Bonchev–Trinajstić information content (AvgIpc) is 2.42. The first kappa shape index (κ1) is 11.5. The maximum absolute atomic E-state index is 12.2. The second kappa shape index (κ2) is 5.40. The lowest BCUT2D eigenvalue weighted by Crippen LogP contribution is -2.16. The van der Waals surface area contributed by atoms with Crippen LogP contribution in [0.3, 0.4) is 0 Å². The second-order valence-corrected chi connectivity index (χ2v) is 4.16. The van der Waals surface area contributed by atoms with Crippen LogP contribution < -0.4 is 0 Å². The first-order valence-corrected chi connectivity index (χ1v) is 5.86. The Kier molecular flexibility index (Phi) is 3.66. The Hall–Kier alpha value is -1.95. The van der Waals surface area contributed by atoms with E-state index < -0.39 is 5.92 Å². The van der Waals surface area contributed by atoms with Crippen LogP contribution in [0.2, 0.25) is 0 Å². The van der Waals surface area contributed by atoms with Gasteiger partial charge in [0.05, 0.1) is 11.8 Å². The topological polar surface area (TPSA) is 53.8 Å². The van der Waals surface area contributed by atoms with Gasteiger partial charge in [0.15, 0.2) is 11.7 Å². The Bertz CT molecular complexity index is 471. The molecule has 0 aliphatic heterocycles. The number of Topliss-reactive ketones (excluding diaryl/α,β-unsaturated/α-hetero) is 1. The van der Waals surface area contributed by atoms with Crippen molar-refractivity contribution in [2.45, 2.75) is 31.6 Å². The van der Waals surface area contributed by atoms with E-state index >= 15 is 0 Å². The third-order valence-corrected chi connectivity index (χ3v) is 2.98. The Morgan fingerprint density at radius 1 is 1.41 bits per heavy atom.